The van der Waals surface area contributed by atoms with Crippen LogP contribution in [0.25, 0.3) is 22.2 Å². The molecule has 0 spiro atoms. The Labute approximate surface area is 200 Å². The number of halogens is 1. The van der Waals surface area contributed by atoms with Crippen LogP contribution in [0.15, 0.2) is 78.9 Å². The quantitative estimate of drug-likeness (QED) is 0.403. The summed E-state index contributed by atoms with van der Waals surface area (Å²) in [5, 5.41) is 3.25. The minimum Gasteiger partial charge on any atom is -0.465 e. The number of nitrogens with zero attached hydrogens (tertiary/aromatic N) is 1. The molecule has 0 aliphatic rings. The molecule has 8 heteroatoms. The molecule has 1 heterocycles. The number of methoxy groups -OCH3 is 1. The van der Waals surface area contributed by atoms with Crippen LogP contribution < -0.4 is 5.32 Å². The van der Waals surface area contributed by atoms with Gasteiger partial charge in [0.15, 0.2) is 6.61 Å². The number of amides is 1. The Kier molecular flexibility index (Phi) is 7.11. The number of benzene rings is 3. The van der Waals surface area contributed by atoms with E-state index in [4.69, 9.17) is 4.74 Å². The molecule has 4 rings (SSSR count). The summed E-state index contributed by atoms with van der Waals surface area (Å²) in [6.45, 7) is -0.271. The molecule has 0 radical (unpaired) electrons. The Morgan fingerprint density at radius 2 is 1.63 bits per heavy atom. The van der Waals surface area contributed by atoms with E-state index in [2.05, 4.69) is 15.0 Å². The zero-order valence-electron chi connectivity index (χ0n) is 18.8. The van der Waals surface area contributed by atoms with Crippen molar-refractivity contribution in [1.29, 1.82) is 0 Å². The van der Waals surface area contributed by atoms with Gasteiger partial charge in [-0.2, -0.15) is 0 Å². The average Bonchev–Trinajstić information content (AvgIpc) is 2.90. The normalized spacial score (nSPS) is 10.6. The minimum absolute atomic E-state index is 0.199. The Hall–Kier alpha value is -4.59. The largest absolute Gasteiger partial charge is 0.465 e. The number of rotatable bonds is 7. The van der Waals surface area contributed by atoms with Crippen molar-refractivity contribution in [3.05, 3.63) is 101 Å². The monoisotopic (exact) mass is 472 g/mol. The number of ether oxygens (including phenoxy) is 2. The maximum Gasteiger partial charge on any atom is 0.339 e. The van der Waals surface area contributed by atoms with Crippen LogP contribution in [-0.2, 0) is 20.8 Å². The van der Waals surface area contributed by atoms with Gasteiger partial charge >= 0.3 is 11.9 Å². The Morgan fingerprint density at radius 1 is 0.914 bits per heavy atom. The van der Waals surface area contributed by atoms with Gasteiger partial charge in [0.2, 0.25) is 0 Å². The topological polar surface area (TPSA) is 94.6 Å². The summed E-state index contributed by atoms with van der Waals surface area (Å²) in [5.74, 6) is -1.98. The van der Waals surface area contributed by atoms with Crippen LogP contribution in [0, 0.1) is 5.82 Å². The molecule has 0 bridgehead atoms. The Morgan fingerprint density at radius 3 is 2.34 bits per heavy atom. The number of carbonyl (C=O) groups excluding carboxylic acids is 3. The standard InChI is InChI=1S/C27H21FN2O5/c1-34-26(32)19-8-6-17(7-9-19)15-29-25(31)16-35-27(33)22-14-24(18-10-12-20(28)13-11-18)30-23-5-3-2-4-21(22)23/h2-14H,15-16H2,1H3,(H,29,31). The number of hydrogen-bond acceptors (Lipinski definition) is 6. The first kappa shape index (κ1) is 23.6. The first-order chi connectivity index (χ1) is 16.9. The third-order valence-electron chi connectivity index (χ3n) is 5.28. The Bertz CT molecular complexity index is 1390. The number of hydrogen-bond donors (Lipinski definition) is 1. The van der Waals surface area contributed by atoms with Gasteiger partial charge in [0.25, 0.3) is 5.91 Å². The summed E-state index contributed by atoms with van der Waals surface area (Å²) in [6.07, 6.45) is 0. The molecule has 0 saturated heterocycles. The molecule has 4 aromatic rings. The fraction of sp³-hybridized carbons (Fsp3) is 0.111. The number of carbonyl (C=O) groups is 3. The van der Waals surface area contributed by atoms with Gasteiger partial charge in [-0.1, -0.05) is 30.3 Å². The lowest BCUT2D eigenvalue weighted by molar-refractivity contribution is -0.124. The van der Waals surface area contributed by atoms with Crippen LogP contribution in [-0.4, -0.2) is 36.5 Å². The molecule has 1 aromatic heterocycles. The maximum atomic E-state index is 13.3. The molecule has 0 atom stereocenters. The van der Waals surface area contributed by atoms with Crippen LogP contribution >= 0.6 is 0 Å². The van der Waals surface area contributed by atoms with Gasteiger partial charge in [0.05, 0.1) is 29.4 Å². The molecular weight excluding hydrogens is 451 g/mol. The van der Waals surface area contributed by atoms with E-state index in [1.54, 1.807) is 66.7 Å². The number of fused-ring (bicyclic) bond motifs is 1. The number of esters is 2. The second-order valence-electron chi connectivity index (χ2n) is 7.62. The van der Waals surface area contributed by atoms with Gasteiger partial charge in [-0.05, 0) is 54.1 Å². The van der Waals surface area contributed by atoms with Crippen molar-refractivity contribution in [1.82, 2.24) is 10.3 Å². The molecule has 0 saturated carbocycles. The second-order valence-corrected chi connectivity index (χ2v) is 7.62. The highest BCUT2D eigenvalue weighted by atomic mass is 19.1. The third kappa shape index (κ3) is 5.67. The number of pyridine rings is 1. The van der Waals surface area contributed by atoms with Crippen LogP contribution in [0.4, 0.5) is 4.39 Å². The predicted octanol–water partition coefficient (Wildman–Crippen LogP) is 4.30. The van der Waals surface area contributed by atoms with Crippen molar-refractivity contribution in [3.63, 3.8) is 0 Å². The summed E-state index contributed by atoms with van der Waals surface area (Å²) in [5.41, 5.74) is 3.11. The molecule has 0 aliphatic heterocycles. The molecule has 176 valence electrons. The third-order valence-corrected chi connectivity index (χ3v) is 5.28. The van der Waals surface area contributed by atoms with Crippen LogP contribution in [0.1, 0.15) is 26.3 Å². The number of aromatic nitrogens is 1. The molecular formula is C27H21FN2O5. The van der Waals surface area contributed by atoms with Crippen molar-refractivity contribution >= 4 is 28.7 Å². The predicted molar refractivity (Wildman–Crippen MR) is 127 cm³/mol. The molecule has 1 amide bonds. The molecule has 3 aromatic carbocycles. The average molecular weight is 472 g/mol. The lowest BCUT2D eigenvalue weighted by Crippen LogP contribution is -2.28. The fourth-order valence-corrected chi connectivity index (χ4v) is 3.45. The molecule has 0 fully saturated rings. The summed E-state index contributed by atoms with van der Waals surface area (Å²) in [4.78, 5) is 41.2. The fourth-order valence-electron chi connectivity index (χ4n) is 3.45. The van der Waals surface area contributed by atoms with Crippen molar-refractivity contribution < 1.29 is 28.2 Å². The van der Waals surface area contributed by atoms with E-state index in [1.807, 2.05) is 0 Å². The van der Waals surface area contributed by atoms with E-state index < -0.39 is 24.5 Å². The molecule has 1 N–H and O–H groups in total. The summed E-state index contributed by atoms with van der Waals surface area (Å²) in [7, 11) is 1.30. The van der Waals surface area contributed by atoms with Crippen LogP contribution in [0.2, 0.25) is 0 Å². The van der Waals surface area contributed by atoms with Gasteiger partial charge in [0, 0.05) is 17.5 Å². The van der Waals surface area contributed by atoms with E-state index in [0.29, 0.717) is 27.7 Å². The maximum absolute atomic E-state index is 13.3. The second kappa shape index (κ2) is 10.6. The molecule has 0 aliphatic carbocycles. The highest BCUT2D eigenvalue weighted by Crippen LogP contribution is 2.25. The van der Waals surface area contributed by atoms with Crippen LogP contribution in [0.5, 0.6) is 0 Å². The first-order valence-corrected chi connectivity index (χ1v) is 10.7. The highest BCUT2D eigenvalue weighted by Gasteiger charge is 2.17. The van der Waals surface area contributed by atoms with E-state index in [0.717, 1.165) is 5.56 Å². The zero-order valence-corrected chi connectivity index (χ0v) is 18.8. The van der Waals surface area contributed by atoms with Gasteiger partial charge in [-0.3, -0.25) is 4.79 Å². The number of nitrogens with one attached hydrogen (secondary N) is 1. The van der Waals surface area contributed by atoms with Gasteiger partial charge in [0.1, 0.15) is 5.82 Å². The van der Waals surface area contributed by atoms with Crippen molar-refractivity contribution in [2.75, 3.05) is 13.7 Å². The van der Waals surface area contributed by atoms with Crippen molar-refractivity contribution in [3.8, 4) is 11.3 Å². The smallest absolute Gasteiger partial charge is 0.339 e. The highest BCUT2D eigenvalue weighted by molar-refractivity contribution is 6.05. The van der Waals surface area contributed by atoms with Gasteiger partial charge in [-0.25, -0.2) is 19.0 Å². The van der Waals surface area contributed by atoms with E-state index in [9.17, 15) is 18.8 Å². The first-order valence-electron chi connectivity index (χ1n) is 10.7. The van der Waals surface area contributed by atoms with E-state index in [1.165, 1.54) is 19.2 Å². The molecule has 0 unspecified atom stereocenters. The molecule has 7 nitrogen and oxygen atoms in total. The van der Waals surface area contributed by atoms with Gasteiger partial charge in [-0.15, -0.1) is 0 Å². The summed E-state index contributed by atoms with van der Waals surface area (Å²) < 4.78 is 23.2. The zero-order chi connectivity index (χ0) is 24.8. The lowest BCUT2D eigenvalue weighted by atomic mass is 10.0. The van der Waals surface area contributed by atoms with Crippen molar-refractivity contribution in [2.45, 2.75) is 6.54 Å². The lowest BCUT2D eigenvalue weighted by Gasteiger charge is -2.11. The van der Waals surface area contributed by atoms with E-state index >= 15 is 0 Å². The minimum atomic E-state index is -0.676. The molecule has 35 heavy (non-hydrogen) atoms. The van der Waals surface area contributed by atoms with E-state index in [-0.39, 0.29) is 17.9 Å². The van der Waals surface area contributed by atoms with Gasteiger partial charge < -0.3 is 14.8 Å². The summed E-state index contributed by atoms with van der Waals surface area (Å²) >= 11 is 0. The van der Waals surface area contributed by atoms with Crippen LogP contribution in [0.3, 0.4) is 0 Å². The SMILES string of the molecule is COC(=O)c1ccc(CNC(=O)COC(=O)c2cc(-c3ccc(F)cc3)nc3ccccc23)cc1. The number of para-hydroxylation sites is 1. The summed E-state index contributed by atoms with van der Waals surface area (Å²) in [6, 6.07) is 21.0. The Balaban J connectivity index is 1.43. The van der Waals surface area contributed by atoms with Crippen molar-refractivity contribution in [2.24, 2.45) is 0 Å².